The van der Waals surface area contributed by atoms with E-state index in [1.165, 1.54) is 12.1 Å². The molecule has 0 aliphatic heterocycles. The van der Waals surface area contributed by atoms with Crippen molar-refractivity contribution < 1.29 is 23.0 Å². The van der Waals surface area contributed by atoms with Crippen LogP contribution >= 0.6 is 11.6 Å². The predicted octanol–water partition coefficient (Wildman–Crippen LogP) is 2.73. The van der Waals surface area contributed by atoms with Crippen molar-refractivity contribution >= 4 is 17.6 Å². The average Bonchev–Trinajstić information content (AvgIpc) is 2.16. The van der Waals surface area contributed by atoms with E-state index in [-0.39, 0.29) is 16.3 Å². The second kappa shape index (κ2) is 4.93. The van der Waals surface area contributed by atoms with Crippen molar-refractivity contribution in [2.45, 2.75) is 6.61 Å². The highest BCUT2D eigenvalue weighted by atomic mass is 35.5. The molecule has 0 atom stereocenters. The van der Waals surface area contributed by atoms with Crippen LogP contribution < -0.4 is 4.74 Å². The van der Waals surface area contributed by atoms with Gasteiger partial charge in [0.1, 0.15) is 11.3 Å². The van der Waals surface area contributed by atoms with Gasteiger partial charge in [-0.1, -0.05) is 11.6 Å². The summed E-state index contributed by atoms with van der Waals surface area (Å²) in [5.74, 6) is -1.06. The molecule has 15 heavy (non-hydrogen) atoms. The van der Waals surface area contributed by atoms with Gasteiger partial charge in [-0.15, -0.1) is 0 Å². The minimum atomic E-state index is -3.02. The predicted molar refractivity (Wildman–Crippen MR) is 49.4 cm³/mol. The number of carbonyl (C=O) groups excluding carboxylic acids is 1. The topological polar surface area (TPSA) is 35.5 Å². The van der Waals surface area contributed by atoms with Crippen LogP contribution in [0.2, 0.25) is 5.02 Å². The van der Waals surface area contributed by atoms with Gasteiger partial charge in [0.25, 0.3) is 0 Å². The zero-order chi connectivity index (χ0) is 11.4. The highest BCUT2D eigenvalue weighted by molar-refractivity contribution is 6.30. The summed E-state index contributed by atoms with van der Waals surface area (Å²) in [5.41, 5.74) is -0.0952. The zero-order valence-electron chi connectivity index (χ0n) is 7.67. The van der Waals surface area contributed by atoms with Crippen LogP contribution in [0.25, 0.3) is 0 Å². The van der Waals surface area contributed by atoms with E-state index in [4.69, 9.17) is 11.6 Å². The van der Waals surface area contributed by atoms with E-state index in [2.05, 4.69) is 9.47 Å². The van der Waals surface area contributed by atoms with Crippen LogP contribution in [0.5, 0.6) is 5.75 Å². The normalized spacial score (nSPS) is 10.2. The molecule has 0 saturated heterocycles. The number of benzene rings is 1. The van der Waals surface area contributed by atoms with Crippen LogP contribution in [0.15, 0.2) is 18.2 Å². The summed E-state index contributed by atoms with van der Waals surface area (Å²) in [5, 5.41) is 0.193. The summed E-state index contributed by atoms with van der Waals surface area (Å²) in [7, 11) is 1.14. The van der Waals surface area contributed by atoms with E-state index in [0.29, 0.717) is 0 Å². The van der Waals surface area contributed by atoms with Gasteiger partial charge in [0.2, 0.25) is 0 Å². The lowest BCUT2D eigenvalue weighted by molar-refractivity contribution is -0.0503. The van der Waals surface area contributed by atoms with Gasteiger partial charge >= 0.3 is 12.6 Å². The maximum absolute atomic E-state index is 12.0. The lowest BCUT2D eigenvalue weighted by Gasteiger charge is -2.09. The number of methoxy groups -OCH3 is 1. The fourth-order valence-electron chi connectivity index (χ4n) is 0.968. The van der Waals surface area contributed by atoms with Gasteiger partial charge in [-0.05, 0) is 18.2 Å². The largest absolute Gasteiger partial charge is 0.465 e. The molecule has 0 N–H and O–H groups in total. The molecule has 0 amide bonds. The number of halogens is 3. The van der Waals surface area contributed by atoms with E-state index in [9.17, 15) is 13.6 Å². The molecule has 0 unspecified atom stereocenters. The maximum Gasteiger partial charge on any atom is 0.387 e. The van der Waals surface area contributed by atoms with E-state index in [1.54, 1.807) is 0 Å². The summed E-state index contributed by atoms with van der Waals surface area (Å²) >= 11 is 5.57. The van der Waals surface area contributed by atoms with Gasteiger partial charge in [-0.2, -0.15) is 8.78 Å². The second-order valence-electron chi connectivity index (χ2n) is 2.51. The molecule has 0 radical (unpaired) electrons. The van der Waals surface area contributed by atoms with Crippen LogP contribution in [0.3, 0.4) is 0 Å². The van der Waals surface area contributed by atoms with Crippen molar-refractivity contribution in [3.63, 3.8) is 0 Å². The second-order valence-corrected chi connectivity index (χ2v) is 2.95. The van der Waals surface area contributed by atoms with Crippen molar-refractivity contribution in [2.24, 2.45) is 0 Å². The summed E-state index contributed by atoms with van der Waals surface area (Å²) < 4.78 is 32.5. The number of ether oxygens (including phenoxy) is 2. The third-order valence-electron chi connectivity index (χ3n) is 1.57. The van der Waals surface area contributed by atoms with Crippen molar-refractivity contribution in [3.05, 3.63) is 28.8 Å². The maximum atomic E-state index is 12.0. The van der Waals surface area contributed by atoms with Gasteiger partial charge in [0.15, 0.2) is 0 Å². The van der Waals surface area contributed by atoms with Crippen molar-refractivity contribution in [1.29, 1.82) is 0 Å². The highest BCUT2D eigenvalue weighted by Gasteiger charge is 2.16. The molecule has 0 heterocycles. The van der Waals surface area contributed by atoms with E-state index in [1.807, 2.05) is 0 Å². The van der Waals surface area contributed by atoms with Gasteiger partial charge in [0, 0.05) is 5.02 Å². The van der Waals surface area contributed by atoms with Gasteiger partial charge in [0.05, 0.1) is 7.11 Å². The number of hydrogen-bond acceptors (Lipinski definition) is 3. The molecule has 0 aromatic heterocycles. The first-order valence-electron chi connectivity index (χ1n) is 3.87. The molecular formula is C9H7ClF2O3. The zero-order valence-corrected chi connectivity index (χ0v) is 8.42. The lowest BCUT2D eigenvalue weighted by atomic mass is 10.2. The van der Waals surface area contributed by atoms with Crippen molar-refractivity contribution in [2.75, 3.05) is 7.11 Å². The third kappa shape index (κ3) is 3.06. The molecular weight excluding hydrogens is 230 g/mol. The summed E-state index contributed by atoms with van der Waals surface area (Å²) in [4.78, 5) is 11.1. The molecule has 0 aliphatic rings. The van der Waals surface area contributed by atoms with Crippen LogP contribution in [0.4, 0.5) is 8.78 Å². The first kappa shape index (κ1) is 11.7. The molecule has 0 spiro atoms. The quantitative estimate of drug-likeness (QED) is 0.757. The number of carbonyl (C=O) groups is 1. The molecule has 6 heteroatoms. The summed E-state index contributed by atoms with van der Waals surface area (Å²) in [6, 6.07) is 3.76. The molecule has 1 aromatic carbocycles. The Kier molecular flexibility index (Phi) is 3.85. The van der Waals surface area contributed by atoms with Gasteiger partial charge < -0.3 is 9.47 Å². The summed E-state index contributed by atoms with van der Waals surface area (Å²) in [6.07, 6.45) is 0. The Hall–Kier alpha value is -1.36. The standard InChI is InChI=1S/C9H7ClF2O3/c1-14-8(13)6-3-2-5(10)4-7(6)15-9(11)12/h2-4,9H,1H3. The molecule has 1 rings (SSSR count). The third-order valence-corrected chi connectivity index (χ3v) is 1.80. The minimum absolute atomic E-state index is 0.0952. The first-order chi connectivity index (χ1) is 7.04. The average molecular weight is 237 g/mol. The molecule has 0 aliphatic carbocycles. The lowest BCUT2D eigenvalue weighted by Crippen LogP contribution is -2.09. The smallest absolute Gasteiger partial charge is 0.387 e. The van der Waals surface area contributed by atoms with Crippen LogP contribution in [-0.4, -0.2) is 19.7 Å². The molecule has 82 valence electrons. The van der Waals surface area contributed by atoms with Gasteiger partial charge in [-0.3, -0.25) is 0 Å². The Morgan fingerprint density at radius 3 is 2.67 bits per heavy atom. The first-order valence-corrected chi connectivity index (χ1v) is 4.25. The van der Waals surface area contributed by atoms with Crippen molar-refractivity contribution in [3.8, 4) is 5.75 Å². The number of rotatable bonds is 3. The van der Waals surface area contributed by atoms with Crippen LogP contribution in [-0.2, 0) is 4.74 Å². The van der Waals surface area contributed by atoms with E-state index >= 15 is 0 Å². The van der Waals surface area contributed by atoms with Gasteiger partial charge in [-0.25, -0.2) is 4.79 Å². The Bertz CT molecular complexity index is 368. The Morgan fingerprint density at radius 1 is 1.47 bits per heavy atom. The number of esters is 1. The number of alkyl halides is 2. The fourth-order valence-corrected chi connectivity index (χ4v) is 1.13. The van der Waals surface area contributed by atoms with Crippen LogP contribution in [0.1, 0.15) is 10.4 Å². The molecule has 0 fully saturated rings. The highest BCUT2D eigenvalue weighted by Crippen LogP contribution is 2.25. The van der Waals surface area contributed by atoms with E-state index < -0.39 is 12.6 Å². The Labute approximate surface area is 89.5 Å². The molecule has 3 nitrogen and oxygen atoms in total. The van der Waals surface area contributed by atoms with Crippen LogP contribution in [0, 0.1) is 0 Å². The molecule has 1 aromatic rings. The SMILES string of the molecule is COC(=O)c1ccc(Cl)cc1OC(F)F. The fraction of sp³-hybridized carbons (Fsp3) is 0.222. The van der Waals surface area contributed by atoms with Crippen molar-refractivity contribution in [1.82, 2.24) is 0 Å². The minimum Gasteiger partial charge on any atom is -0.465 e. The molecule has 0 saturated carbocycles. The summed E-state index contributed by atoms with van der Waals surface area (Å²) in [6.45, 7) is -3.02. The Morgan fingerprint density at radius 2 is 2.13 bits per heavy atom. The van der Waals surface area contributed by atoms with E-state index in [0.717, 1.165) is 13.2 Å². The molecule has 0 bridgehead atoms. The monoisotopic (exact) mass is 236 g/mol. The Balaban J connectivity index is 3.08. The number of hydrogen-bond donors (Lipinski definition) is 0.